The van der Waals surface area contributed by atoms with Crippen LogP contribution in [0.15, 0.2) is 59.5 Å². The minimum atomic E-state index is -0.223. The van der Waals surface area contributed by atoms with Gasteiger partial charge in [0.2, 0.25) is 5.91 Å². The number of thioether (sulfide) groups is 1. The van der Waals surface area contributed by atoms with Gasteiger partial charge in [-0.2, -0.15) is 5.26 Å². The summed E-state index contributed by atoms with van der Waals surface area (Å²) in [6.45, 7) is 0. The van der Waals surface area contributed by atoms with E-state index in [-0.39, 0.29) is 5.91 Å². The number of nitrogens with one attached hydrogen (secondary N) is 1. The van der Waals surface area contributed by atoms with Crippen LogP contribution in [0.5, 0.6) is 0 Å². The second-order valence-electron chi connectivity index (χ2n) is 4.29. The molecule has 0 saturated carbocycles. The van der Waals surface area contributed by atoms with Gasteiger partial charge in [0, 0.05) is 16.7 Å². The van der Waals surface area contributed by atoms with Crippen LogP contribution in [0, 0.1) is 11.3 Å². The Morgan fingerprint density at radius 3 is 2.67 bits per heavy atom. The molecule has 2 aromatic rings. The first-order valence-electron chi connectivity index (χ1n) is 6.34. The molecule has 0 saturated heterocycles. The van der Waals surface area contributed by atoms with E-state index in [9.17, 15) is 4.79 Å². The topological polar surface area (TPSA) is 52.9 Å². The van der Waals surface area contributed by atoms with Crippen LogP contribution in [0.1, 0.15) is 11.1 Å². The van der Waals surface area contributed by atoms with Crippen molar-refractivity contribution in [2.24, 2.45) is 0 Å². The Kier molecular flexibility index (Phi) is 5.19. The van der Waals surface area contributed by atoms with Crippen LogP contribution in [0.4, 0.5) is 5.69 Å². The van der Waals surface area contributed by atoms with Gasteiger partial charge in [-0.3, -0.25) is 4.79 Å². The van der Waals surface area contributed by atoms with E-state index in [0.29, 0.717) is 11.3 Å². The van der Waals surface area contributed by atoms with Gasteiger partial charge in [0.25, 0.3) is 0 Å². The maximum absolute atomic E-state index is 11.8. The smallest absolute Gasteiger partial charge is 0.248 e. The third-order valence-electron chi connectivity index (χ3n) is 2.80. The molecule has 2 aromatic carbocycles. The fourth-order valence-electron chi connectivity index (χ4n) is 1.74. The van der Waals surface area contributed by atoms with Gasteiger partial charge in [-0.15, -0.1) is 11.8 Å². The average molecular weight is 294 g/mol. The number of rotatable bonds is 4. The molecule has 0 fully saturated rings. The van der Waals surface area contributed by atoms with E-state index in [1.807, 2.05) is 36.6 Å². The highest BCUT2D eigenvalue weighted by Gasteiger charge is 1.99. The van der Waals surface area contributed by atoms with Gasteiger partial charge in [-0.05, 0) is 48.2 Å². The molecular formula is C17H14N2OS. The molecule has 1 amide bonds. The molecule has 2 rings (SSSR count). The van der Waals surface area contributed by atoms with Crippen LogP contribution in [-0.2, 0) is 4.79 Å². The minimum Gasteiger partial charge on any atom is -0.322 e. The molecule has 4 heteroatoms. The Bertz CT molecular complexity index is 699. The number of nitriles is 1. The van der Waals surface area contributed by atoms with Crippen molar-refractivity contribution in [1.82, 2.24) is 0 Å². The summed E-state index contributed by atoms with van der Waals surface area (Å²) in [7, 11) is 0. The summed E-state index contributed by atoms with van der Waals surface area (Å²) in [4.78, 5) is 13.0. The standard InChI is InChI=1S/C17H14N2OS/c1-21-16-8-5-13(6-9-16)7-10-17(20)19-15-4-2-3-14(11-15)12-18/h2-11H,1H3,(H,19,20). The number of carbonyl (C=O) groups excluding carboxylic acids is 1. The summed E-state index contributed by atoms with van der Waals surface area (Å²) in [5.74, 6) is -0.223. The SMILES string of the molecule is CSc1ccc(C=CC(=O)Nc2cccc(C#N)c2)cc1. The second kappa shape index (κ2) is 7.32. The fourth-order valence-corrected chi connectivity index (χ4v) is 2.15. The van der Waals surface area contributed by atoms with Crippen LogP contribution in [0.3, 0.4) is 0 Å². The van der Waals surface area contributed by atoms with Crippen molar-refractivity contribution in [1.29, 1.82) is 5.26 Å². The van der Waals surface area contributed by atoms with E-state index >= 15 is 0 Å². The van der Waals surface area contributed by atoms with E-state index in [1.54, 1.807) is 42.1 Å². The van der Waals surface area contributed by atoms with Crippen molar-refractivity contribution >= 4 is 29.4 Å². The zero-order valence-corrected chi connectivity index (χ0v) is 12.4. The van der Waals surface area contributed by atoms with Crippen molar-refractivity contribution in [3.05, 3.63) is 65.7 Å². The van der Waals surface area contributed by atoms with E-state index in [1.165, 1.54) is 11.0 Å². The molecule has 3 nitrogen and oxygen atoms in total. The summed E-state index contributed by atoms with van der Waals surface area (Å²) in [5.41, 5.74) is 2.10. The summed E-state index contributed by atoms with van der Waals surface area (Å²) in [5, 5.41) is 11.5. The van der Waals surface area contributed by atoms with E-state index in [2.05, 4.69) is 5.32 Å². The summed E-state index contributed by atoms with van der Waals surface area (Å²) < 4.78 is 0. The monoisotopic (exact) mass is 294 g/mol. The Hall–Kier alpha value is -2.51. The Morgan fingerprint density at radius 2 is 2.00 bits per heavy atom. The van der Waals surface area contributed by atoms with Crippen molar-refractivity contribution in [2.45, 2.75) is 4.90 Å². The first kappa shape index (κ1) is 14.9. The highest BCUT2D eigenvalue weighted by Crippen LogP contribution is 2.15. The Morgan fingerprint density at radius 1 is 1.24 bits per heavy atom. The molecule has 0 aliphatic heterocycles. The van der Waals surface area contributed by atoms with Crippen LogP contribution in [0.25, 0.3) is 6.08 Å². The number of hydrogen-bond acceptors (Lipinski definition) is 3. The maximum Gasteiger partial charge on any atom is 0.248 e. The number of carbonyl (C=O) groups is 1. The number of nitrogens with zero attached hydrogens (tertiary/aromatic N) is 1. The Labute approximate surface area is 128 Å². The first-order chi connectivity index (χ1) is 10.2. The van der Waals surface area contributed by atoms with Gasteiger partial charge < -0.3 is 5.32 Å². The number of benzene rings is 2. The molecule has 0 heterocycles. The molecule has 21 heavy (non-hydrogen) atoms. The number of amides is 1. The van der Waals surface area contributed by atoms with Gasteiger partial charge in [-0.1, -0.05) is 18.2 Å². The highest BCUT2D eigenvalue weighted by molar-refractivity contribution is 7.98. The lowest BCUT2D eigenvalue weighted by atomic mass is 10.2. The molecular weight excluding hydrogens is 280 g/mol. The Balaban J connectivity index is 2.00. The van der Waals surface area contributed by atoms with Gasteiger partial charge in [0.05, 0.1) is 11.6 Å². The second-order valence-corrected chi connectivity index (χ2v) is 5.17. The van der Waals surface area contributed by atoms with Gasteiger partial charge >= 0.3 is 0 Å². The fraction of sp³-hybridized carbons (Fsp3) is 0.0588. The predicted octanol–water partition coefficient (Wildman–Crippen LogP) is 3.93. The van der Waals surface area contributed by atoms with Gasteiger partial charge in [-0.25, -0.2) is 0 Å². The van der Waals surface area contributed by atoms with E-state index in [0.717, 1.165) is 5.56 Å². The molecule has 0 unspecified atom stereocenters. The maximum atomic E-state index is 11.8. The van der Waals surface area contributed by atoms with Crippen molar-refractivity contribution < 1.29 is 4.79 Å². The summed E-state index contributed by atoms with van der Waals surface area (Å²) in [6, 6.07) is 16.8. The average Bonchev–Trinajstić information content (AvgIpc) is 2.53. The molecule has 0 radical (unpaired) electrons. The molecule has 1 N–H and O–H groups in total. The molecule has 0 aromatic heterocycles. The number of hydrogen-bond donors (Lipinski definition) is 1. The van der Waals surface area contributed by atoms with Crippen molar-refractivity contribution in [3.8, 4) is 6.07 Å². The molecule has 0 atom stereocenters. The lowest BCUT2D eigenvalue weighted by molar-refractivity contribution is -0.111. The summed E-state index contributed by atoms with van der Waals surface area (Å²) in [6.07, 6.45) is 5.26. The van der Waals surface area contributed by atoms with E-state index in [4.69, 9.17) is 5.26 Å². The molecule has 0 aliphatic rings. The number of anilines is 1. The third kappa shape index (κ3) is 4.51. The highest BCUT2D eigenvalue weighted by atomic mass is 32.2. The third-order valence-corrected chi connectivity index (χ3v) is 3.55. The van der Waals surface area contributed by atoms with Crippen molar-refractivity contribution in [2.75, 3.05) is 11.6 Å². The molecule has 0 spiro atoms. The lowest BCUT2D eigenvalue weighted by Gasteiger charge is -2.02. The van der Waals surface area contributed by atoms with Crippen LogP contribution >= 0.6 is 11.8 Å². The zero-order valence-electron chi connectivity index (χ0n) is 11.5. The lowest BCUT2D eigenvalue weighted by Crippen LogP contribution is -2.07. The van der Waals surface area contributed by atoms with Gasteiger partial charge in [0.1, 0.15) is 0 Å². The first-order valence-corrected chi connectivity index (χ1v) is 7.57. The van der Waals surface area contributed by atoms with Crippen LogP contribution in [0.2, 0.25) is 0 Å². The van der Waals surface area contributed by atoms with Crippen LogP contribution < -0.4 is 5.32 Å². The molecule has 0 bridgehead atoms. The largest absolute Gasteiger partial charge is 0.322 e. The van der Waals surface area contributed by atoms with Gasteiger partial charge in [0.15, 0.2) is 0 Å². The van der Waals surface area contributed by atoms with E-state index < -0.39 is 0 Å². The molecule has 0 aliphatic carbocycles. The van der Waals surface area contributed by atoms with Crippen LogP contribution in [-0.4, -0.2) is 12.2 Å². The minimum absolute atomic E-state index is 0.223. The zero-order chi connectivity index (χ0) is 15.1. The molecule has 104 valence electrons. The quantitative estimate of drug-likeness (QED) is 0.686. The normalized spacial score (nSPS) is 10.3. The van der Waals surface area contributed by atoms with Crippen molar-refractivity contribution in [3.63, 3.8) is 0 Å². The predicted molar refractivity (Wildman–Crippen MR) is 87.0 cm³/mol. The summed E-state index contributed by atoms with van der Waals surface area (Å²) >= 11 is 1.68.